The lowest BCUT2D eigenvalue weighted by Gasteiger charge is -2.14. The Hall–Kier alpha value is -0.570. The smallest absolute Gasteiger partial charge is 0.305 e. The molecule has 0 radical (unpaired) electrons. The predicted octanol–water partition coefficient (Wildman–Crippen LogP) is 3.56. The molecular formula is C14H28O3. The molecular weight excluding hydrogens is 216 g/mol. The van der Waals surface area contributed by atoms with Gasteiger partial charge in [-0.15, -0.1) is 0 Å². The Morgan fingerprint density at radius 1 is 1.18 bits per heavy atom. The Morgan fingerprint density at radius 3 is 2.53 bits per heavy atom. The van der Waals surface area contributed by atoms with Gasteiger partial charge >= 0.3 is 5.97 Å². The third-order valence-electron chi connectivity index (χ3n) is 2.90. The third kappa shape index (κ3) is 10.3. The van der Waals surface area contributed by atoms with Crippen LogP contribution < -0.4 is 0 Å². The van der Waals surface area contributed by atoms with Gasteiger partial charge < -0.3 is 9.47 Å². The van der Waals surface area contributed by atoms with Gasteiger partial charge in [-0.2, -0.15) is 0 Å². The molecule has 17 heavy (non-hydrogen) atoms. The predicted molar refractivity (Wildman–Crippen MR) is 70.0 cm³/mol. The van der Waals surface area contributed by atoms with E-state index in [1.54, 1.807) is 0 Å². The van der Waals surface area contributed by atoms with Crippen molar-refractivity contribution < 1.29 is 14.3 Å². The molecule has 0 rings (SSSR count). The lowest BCUT2D eigenvalue weighted by atomic mass is 10.0. The maximum absolute atomic E-state index is 11.4. The van der Waals surface area contributed by atoms with Gasteiger partial charge in [-0.25, -0.2) is 0 Å². The fraction of sp³-hybridized carbons (Fsp3) is 0.929. The summed E-state index contributed by atoms with van der Waals surface area (Å²) < 4.78 is 10.5. The molecule has 0 bridgehead atoms. The molecule has 0 aliphatic rings. The summed E-state index contributed by atoms with van der Waals surface area (Å²) in [6.45, 7) is 8.25. The van der Waals surface area contributed by atoms with Crippen molar-refractivity contribution in [1.29, 1.82) is 0 Å². The van der Waals surface area contributed by atoms with Gasteiger partial charge in [0.05, 0.1) is 6.61 Å². The SMILES string of the molecule is CCCCC(CC)COC(=O)CCCOCC. The van der Waals surface area contributed by atoms with Gasteiger partial charge in [0.25, 0.3) is 0 Å². The van der Waals surface area contributed by atoms with E-state index in [0.29, 0.717) is 32.2 Å². The van der Waals surface area contributed by atoms with E-state index < -0.39 is 0 Å². The van der Waals surface area contributed by atoms with E-state index in [2.05, 4.69) is 13.8 Å². The van der Waals surface area contributed by atoms with Crippen molar-refractivity contribution in [3.05, 3.63) is 0 Å². The quantitative estimate of drug-likeness (QED) is 0.412. The van der Waals surface area contributed by atoms with E-state index >= 15 is 0 Å². The highest BCUT2D eigenvalue weighted by molar-refractivity contribution is 5.69. The minimum absolute atomic E-state index is 0.0837. The molecule has 0 aromatic carbocycles. The van der Waals surface area contributed by atoms with Crippen molar-refractivity contribution in [3.8, 4) is 0 Å². The van der Waals surface area contributed by atoms with Gasteiger partial charge in [-0.3, -0.25) is 4.79 Å². The van der Waals surface area contributed by atoms with Crippen LogP contribution in [0.3, 0.4) is 0 Å². The number of carbonyl (C=O) groups excluding carboxylic acids is 1. The van der Waals surface area contributed by atoms with Gasteiger partial charge in [-0.1, -0.05) is 33.1 Å². The zero-order chi connectivity index (χ0) is 12.9. The Labute approximate surface area is 106 Å². The van der Waals surface area contributed by atoms with Crippen LogP contribution in [-0.2, 0) is 14.3 Å². The first-order valence-electron chi connectivity index (χ1n) is 6.97. The summed E-state index contributed by atoms with van der Waals surface area (Å²) in [5.74, 6) is 0.449. The molecule has 0 spiro atoms. The van der Waals surface area contributed by atoms with Gasteiger partial charge in [0.2, 0.25) is 0 Å². The van der Waals surface area contributed by atoms with Crippen molar-refractivity contribution in [2.45, 2.75) is 59.3 Å². The minimum Gasteiger partial charge on any atom is -0.465 e. The van der Waals surface area contributed by atoms with Crippen LogP contribution in [0.5, 0.6) is 0 Å². The van der Waals surface area contributed by atoms with Crippen LogP contribution in [0.15, 0.2) is 0 Å². The van der Waals surface area contributed by atoms with E-state index in [1.807, 2.05) is 6.92 Å². The van der Waals surface area contributed by atoms with Crippen molar-refractivity contribution in [2.24, 2.45) is 5.92 Å². The van der Waals surface area contributed by atoms with Crippen molar-refractivity contribution in [3.63, 3.8) is 0 Å². The van der Waals surface area contributed by atoms with Gasteiger partial charge in [0.15, 0.2) is 0 Å². The summed E-state index contributed by atoms with van der Waals surface area (Å²) in [6, 6.07) is 0. The number of ether oxygens (including phenoxy) is 2. The maximum atomic E-state index is 11.4. The topological polar surface area (TPSA) is 35.5 Å². The van der Waals surface area contributed by atoms with E-state index in [1.165, 1.54) is 19.3 Å². The van der Waals surface area contributed by atoms with Crippen LogP contribution in [0.25, 0.3) is 0 Å². The van der Waals surface area contributed by atoms with E-state index in [4.69, 9.17) is 9.47 Å². The van der Waals surface area contributed by atoms with E-state index in [-0.39, 0.29) is 5.97 Å². The molecule has 0 heterocycles. The maximum Gasteiger partial charge on any atom is 0.305 e. The lowest BCUT2D eigenvalue weighted by molar-refractivity contribution is -0.145. The van der Waals surface area contributed by atoms with Gasteiger partial charge in [0, 0.05) is 19.6 Å². The molecule has 1 unspecified atom stereocenters. The van der Waals surface area contributed by atoms with Crippen molar-refractivity contribution in [2.75, 3.05) is 19.8 Å². The zero-order valence-corrected chi connectivity index (χ0v) is 11.7. The van der Waals surface area contributed by atoms with E-state index in [9.17, 15) is 4.79 Å². The molecule has 0 saturated heterocycles. The molecule has 0 aromatic rings. The minimum atomic E-state index is -0.0837. The molecule has 0 aromatic heterocycles. The second-order valence-electron chi connectivity index (χ2n) is 4.40. The summed E-state index contributed by atoms with van der Waals surface area (Å²) >= 11 is 0. The average molecular weight is 244 g/mol. The second-order valence-corrected chi connectivity index (χ2v) is 4.40. The Morgan fingerprint density at radius 2 is 1.94 bits per heavy atom. The van der Waals surface area contributed by atoms with Gasteiger partial charge in [0.1, 0.15) is 0 Å². The number of rotatable bonds is 11. The second kappa shape index (κ2) is 11.9. The number of carbonyl (C=O) groups is 1. The van der Waals surface area contributed by atoms with Crippen molar-refractivity contribution in [1.82, 2.24) is 0 Å². The first-order valence-corrected chi connectivity index (χ1v) is 6.97. The fourth-order valence-corrected chi connectivity index (χ4v) is 1.64. The Kier molecular flexibility index (Phi) is 11.5. The van der Waals surface area contributed by atoms with Crippen LogP contribution in [-0.4, -0.2) is 25.8 Å². The number of hydrogen-bond donors (Lipinski definition) is 0. The third-order valence-corrected chi connectivity index (χ3v) is 2.90. The highest BCUT2D eigenvalue weighted by atomic mass is 16.5. The van der Waals surface area contributed by atoms with Crippen LogP contribution in [0.2, 0.25) is 0 Å². The van der Waals surface area contributed by atoms with Crippen molar-refractivity contribution >= 4 is 5.97 Å². The zero-order valence-electron chi connectivity index (χ0n) is 11.7. The number of esters is 1. The molecule has 0 saturated carbocycles. The molecule has 102 valence electrons. The number of hydrogen-bond acceptors (Lipinski definition) is 3. The summed E-state index contributed by atoms with van der Waals surface area (Å²) in [6.07, 6.45) is 5.92. The summed E-state index contributed by atoms with van der Waals surface area (Å²) in [5.41, 5.74) is 0. The summed E-state index contributed by atoms with van der Waals surface area (Å²) in [7, 11) is 0. The molecule has 3 heteroatoms. The number of unbranched alkanes of at least 4 members (excludes halogenated alkanes) is 1. The monoisotopic (exact) mass is 244 g/mol. The highest BCUT2D eigenvalue weighted by Crippen LogP contribution is 2.13. The summed E-state index contributed by atoms with van der Waals surface area (Å²) in [5, 5.41) is 0. The highest BCUT2D eigenvalue weighted by Gasteiger charge is 2.09. The lowest BCUT2D eigenvalue weighted by Crippen LogP contribution is -2.14. The Bertz CT molecular complexity index is 180. The van der Waals surface area contributed by atoms with Gasteiger partial charge in [-0.05, 0) is 25.7 Å². The molecule has 0 N–H and O–H groups in total. The van der Waals surface area contributed by atoms with Crippen LogP contribution in [0.4, 0.5) is 0 Å². The first kappa shape index (κ1) is 16.4. The molecule has 0 aliphatic heterocycles. The van der Waals surface area contributed by atoms with E-state index in [0.717, 1.165) is 12.8 Å². The van der Waals surface area contributed by atoms with Crippen LogP contribution in [0, 0.1) is 5.92 Å². The Balaban J connectivity index is 3.52. The molecule has 0 aliphatic carbocycles. The average Bonchev–Trinajstić information content (AvgIpc) is 2.35. The van der Waals surface area contributed by atoms with Crippen LogP contribution in [0.1, 0.15) is 59.3 Å². The summed E-state index contributed by atoms with van der Waals surface area (Å²) in [4.78, 5) is 11.4. The molecule has 1 atom stereocenters. The first-order chi connectivity index (χ1) is 8.24. The molecule has 0 amide bonds. The standard InChI is InChI=1S/C14H28O3/c1-4-7-9-13(5-2)12-17-14(15)10-8-11-16-6-3/h13H,4-12H2,1-3H3. The molecule has 0 fully saturated rings. The largest absolute Gasteiger partial charge is 0.465 e. The molecule has 3 nitrogen and oxygen atoms in total. The van der Waals surface area contributed by atoms with Crippen LogP contribution >= 0.6 is 0 Å². The fourth-order valence-electron chi connectivity index (χ4n) is 1.64. The normalized spacial score (nSPS) is 12.4.